The van der Waals surface area contributed by atoms with Crippen molar-refractivity contribution in [3.05, 3.63) is 6.33 Å². The third kappa shape index (κ3) is 5.53. The number of aromatic nitrogens is 3. The standard InChI is InChI=1S/C14H26N4OS/c1-4-7-8-11-20-13-15-12-18(16-13)14(19)17(9-5-2)10-6-3/h12H,4-11H2,1-3H3. The summed E-state index contributed by atoms with van der Waals surface area (Å²) in [5.41, 5.74) is 0. The van der Waals surface area contributed by atoms with Gasteiger partial charge >= 0.3 is 6.03 Å². The molecule has 5 nitrogen and oxygen atoms in total. The van der Waals surface area contributed by atoms with Crippen LogP contribution >= 0.6 is 11.8 Å². The molecule has 1 aromatic rings. The summed E-state index contributed by atoms with van der Waals surface area (Å²) >= 11 is 1.62. The van der Waals surface area contributed by atoms with Crippen LogP contribution < -0.4 is 0 Å². The Labute approximate surface area is 126 Å². The molecule has 1 aromatic heterocycles. The van der Waals surface area contributed by atoms with Crippen molar-refractivity contribution in [3.63, 3.8) is 0 Å². The highest BCUT2D eigenvalue weighted by atomic mass is 32.2. The van der Waals surface area contributed by atoms with E-state index in [1.165, 1.54) is 30.3 Å². The Bertz CT molecular complexity index is 388. The van der Waals surface area contributed by atoms with Gasteiger partial charge in [-0.05, 0) is 19.3 Å². The lowest BCUT2D eigenvalue weighted by atomic mass is 10.3. The molecule has 0 aliphatic carbocycles. The maximum absolute atomic E-state index is 12.3. The molecule has 6 heteroatoms. The van der Waals surface area contributed by atoms with Crippen molar-refractivity contribution in [2.75, 3.05) is 18.8 Å². The molecule has 0 aliphatic heterocycles. The summed E-state index contributed by atoms with van der Waals surface area (Å²) in [5.74, 6) is 1.01. The van der Waals surface area contributed by atoms with Crippen molar-refractivity contribution in [1.82, 2.24) is 19.7 Å². The molecule has 0 spiro atoms. The van der Waals surface area contributed by atoms with Crippen LogP contribution in [-0.2, 0) is 0 Å². The number of hydrogen-bond donors (Lipinski definition) is 0. The zero-order chi connectivity index (χ0) is 14.8. The Morgan fingerprint density at radius 2 is 1.90 bits per heavy atom. The van der Waals surface area contributed by atoms with Gasteiger partial charge in [-0.1, -0.05) is 45.4 Å². The smallest absolute Gasteiger partial charge is 0.323 e. The minimum absolute atomic E-state index is 0.0680. The van der Waals surface area contributed by atoms with Gasteiger partial charge in [0.1, 0.15) is 6.33 Å². The third-order valence-electron chi connectivity index (χ3n) is 2.90. The van der Waals surface area contributed by atoms with Crippen LogP contribution in [0.25, 0.3) is 0 Å². The second kappa shape index (κ2) is 9.80. The first kappa shape index (κ1) is 17.0. The molecular formula is C14H26N4OS. The molecule has 0 aromatic carbocycles. The highest BCUT2D eigenvalue weighted by molar-refractivity contribution is 7.99. The molecular weight excluding hydrogens is 272 g/mol. The van der Waals surface area contributed by atoms with E-state index < -0.39 is 0 Å². The van der Waals surface area contributed by atoms with Gasteiger partial charge in [0, 0.05) is 18.8 Å². The maximum atomic E-state index is 12.3. The van der Waals surface area contributed by atoms with E-state index >= 15 is 0 Å². The van der Waals surface area contributed by atoms with Gasteiger partial charge in [-0.25, -0.2) is 9.78 Å². The minimum Gasteiger partial charge on any atom is -0.323 e. The summed E-state index contributed by atoms with van der Waals surface area (Å²) < 4.78 is 1.37. The van der Waals surface area contributed by atoms with E-state index in [1.807, 2.05) is 4.90 Å². The molecule has 0 saturated heterocycles. The van der Waals surface area contributed by atoms with Crippen LogP contribution in [0.15, 0.2) is 11.5 Å². The number of amides is 1. The van der Waals surface area contributed by atoms with Crippen molar-refractivity contribution in [1.29, 1.82) is 0 Å². The average molecular weight is 298 g/mol. The van der Waals surface area contributed by atoms with Crippen LogP contribution in [0, 0.1) is 0 Å². The Morgan fingerprint density at radius 3 is 2.50 bits per heavy atom. The molecule has 0 aliphatic rings. The number of carbonyl (C=O) groups excluding carboxylic acids is 1. The Balaban J connectivity index is 2.53. The monoisotopic (exact) mass is 298 g/mol. The first-order chi connectivity index (χ1) is 9.72. The van der Waals surface area contributed by atoms with Crippen LogP contribution in [0.1, 0.15) is 52.9 Å². The van der Waals surface area contributed by atoms with Crippen LogP contribution in [0.5, 0.6) is 0 Å². The van der Waals surface area contributed by atoms with Crippen molar-refractivity contribution in [3.8, 4) is 0 Å². The zero-order valence-electron chi connectivity index (χ0n) is 12.8. The molecule has 20 heavy (non-hydrogen) atoms. The van der Waals surface area contributed by atoms with Crippen molar-refractivity contribution < 1.29 is 4.79 Å². The first-order valence-electron chi connectivity index (χ1n) is 7.56. The molecule has 0 radical (unpaired) electrons. The van der Waals surface area contributed by atoms with Crippen molar-refractivity contribution in [2.45, 2.75) is 58.0 Å². The fraction of sp³-hybridized carbons (Fsp3) is 0.786. The molecule has 1 amide bonds. The molecule has 1 heterocycles. The Morgan fingerprint density at radius 1 is 1.20 bits per heavy atom. The molecule has 114 valence electrons. The fourth-order valence-electron chi connectivity index (χ4n) is 1.91. The van der Waals surface area contributed by atoms with Crippen molar-refractivity contribution >= 4 is 17.8 Å². The van der Waals surface area contributed by atoms with Crippen LogP contribution in [-0.4, -0.2) is 44.5 Å². The second-order valence-electron chi connectivity index (χ2n) is 4.80. The number of nitrogens with zero attached hydrogens (tertiary/aromatic N) is 4. The van der Waals surface area contributed by atoms with Crippen LogP contribution in [0.4, 0.5) is 4.79 Å². The third-order valence-corrected chi connectivity index (χ3v) is 3.84. The number of hydrogen-bond acceptors (Lipinski definition) is 4. The van der Waals surface area contributed by atoms with E-state index in [1.54, 1.807) is 11.8 Å². The average Bonchev–Trinajstić information content (AvgIpc) is 2.91. The lowest BCUT2D eigenvalue weighted by Gasteiger charge is -2.20. The number of unbranched alkanes of at least 4 members (excludes halogenated alkanes) is 2. The normalized spacial score (nSPS) is 10.8. The number of carbonyl (C=O) groups is 1. The number of rotatable bonds is 9. The highest BCUT2D eigenvalue weighted by Crippen LogP contribution is 2.14. The Kier molecular flexibility index (Phi) is 8.34. The zero-order valence-corrected chi connectivity index (χ0v) is 13.7. The van der Waals surface area contributed by atoms with Crippen molar-refractivity contribution in [2.24, 2.45) is 0 Å². The molecule has 0 bridgehead atoms. The molecule has 1 rings (SSSR count). The molecule has 0 saturated carbocycles. The first-order valence-corrected chi connectivity index (χ1v) is 8.55. The summed E-state index contributed by atoms with van der Waals surface area (Å²) in [6.45, 7) is 7.88. The number of thioether (sulfide) groups is 1. The summed E-state index contributed by atoms with van der Waals surface area (Å²) in [7, 11) is 0. The molecule has 0 unspecified atom stereocenters. The minimum atomic E-state index is -0.0680. The Hall–Kier alpha value is -1.04. The summed E-state index contributed by atoms with van der Waals surface area (Å²) in [6, 6.07) is -0.0680. The topological polar surface area (TPSA) is 51.0 Å². The van der Waals surface area contributed by atoms with Gasteiger partial charge in [-0.3, -0.25) is 0 Å². The maximum Gasteiger partial charge on any atom is 0.346 e. The quantitative estimate of drug-likeness (QED) is 0.516. The lowest BCUT2D eigenvalue weighted by molar-refractivity contribution is 0.196. The summed E-state index contributed by atoms with van der Waals surface area (Å²) in [4.78, 5) is 18.3. The van der Waals surface area contributed by atoms with Gasteiger partial charge in [0.25, 0.3) is 0 Å². The van der Waals surface area contributed by atoms with Gasteiger partial charge in [0.05, 0.1) is 0 Å². The second-order valence-corrected chi connectivity index (χ2v) is 5.86. The SMILES string of the molecule is CCCCCSc1ncn(C(=O)N(CCC)CCC)n1. The van der Waals surface area contributed by atoms with Gasteiger partial charge in [-0.15, -0.1) is 5.10 Å². The molecule has 0 atom stereocenters. The van der Waals surface area contributed by atoms with Gasteiger partial charge in [-0.2, -0.15) is 4.68 Å². The molecule has 0 fully saturated rings. The predicted octanol–water partition coefficient (Wildman–Crippen LogP) is 3.65. The predicted molar refractivity (Wildman–Crippen MR) is 83.2 cm³/mol. The largest absolute Gasteiger partial charge is 0.346 e. The summed E-state index contributed by atoms with van der Waals surface area (Å²) in [5, 5.41) is 4.97. The fourth-order valence-corrected chi connectivity index (χ4v) is 2.71. The van der Waals surface area contributed by atoms with E-state index in [4.69, 9.17) is 0 Å². The van der Waals surface area contributed by atoms with E-state index in [-0.39, 0.29) is 6.03 Å². The van der Waals surface area contributed by atoms with Gasteiger partial charge in [0.2, 0.25) is 5.16 Å². The highest BCUT2D eigenvalue weighted by Gasteiger charge is 2.15. The van der Waals surface area contributed by atoms with Gasteiger partial charge < -0.3 is 4.90 Å². The van der Waals surface area contributed by atoms with Crippen LogP contribution in [0.2, 0.25) is 0 Å². The molecule has 0 N–H and O–H groups in total. The van der Waals surface area contributed by atoms with Gasteiger partial charge in [0.15, 0.2) is 0 Å². The van der Waals surface area contributed by atoms with E-state index in [0.29, 0.717) is 5.16 Å². The van der Waals surface area contributed by atoms with E-state index in [0.717, 1.165) is 31.7 Å². The summed E-state index contributed by atoms with van der Waals surface area (Å²) in [6.07, 6.45) is 7.06. The lowest BCUT2D eigenvalue weighted by Crippen LogP contribution is -2.36. The van der Waals surface area contributed by atoms with E-state index in [9.17, 15) is 4.79 Å². The van der Waals surface area contributed by atoms with E-state index in [2.05, 4.69) is 30.9 Å². The van der Waals surface area contributed by atoms with Crippen LogP contribution in [0.3, 0.4) is 0 Å².